The number of rotatable bonds is 12. The van der Waals surface area contributed by atoms with Crippen molar-refractivity contribution in [3.8, 4) is 0 Å². The second kappa shape index (κ2) is 22.1. The van der Waals surface area contributed by atoms with E-state index in [-0.39, 0.29) is 20.6 Å². The van der Waals surface area contributed by atoms with E-state index in [0.29, 0.717) is 49.9 Å². The predicted octanol–water partition coefficient (Wildman–Crippen LogP) is 7.78. The highest BCUT2D eigenvalue weighted by molar-refractivity contribution is 5.86. The van der Waals surface area contributed by atoms with Gasteiger partial charge in [0.05, 0.1) is 80.7 Å². The van der Waals surface area contributed by atoms with Gasteiger partial charge in [0.1, 0.15) is 6.29 Å². The monoisotopic (exact) mass is 893 g/mol. The second-order valence-corrected chi connectivity index (χ2v) is 16.3. The lowest BCUT2D eigenvalue weighted by molar-refractivity contribution is 0.112. The first kappa shape index (κ1) is 49.8. The van der Waals surface area contributed by atoms with Crippen LogP contribution in [0.3, 0.4) is 0 Å². The molecule has 15 nitrogen and oxygen atoms in total. The Balaban J connectivity index is 0.000000207. The number of anilines is 4. The van der Waals surface area contributed by atoms with Crippen molar-refractivity contribution in [1.82, 2.24) is 39.0 Å². The molecule has 0 amide bonds. The molecular weight excluding hydrogens is 829 g/mol. The van der Waals surface area contributed by atoms with E-state index in [0.717, 1.165) is 108 Å². The summed E-state index contributed by atoms with van der Waals surface area (Å²) in [6.07, 6.45) is 2.08. The van der Waals surface area contributed by atoms with Gasteiger partial charge in [-0.2, -0.15) is 0 Å². The maximum Gasteiger partial charge on any atom is 0.201 e. The third-order valence-corrected chi connectivity index (χ3v) is 11.4. The van der Waals surface area contributed by atoms with Crippen LogP contribution < -0.4 is 22.5 Å². The van der Waals surface area contributed by atoms with Gasteiger partial charge in [-0.25, -0.2) is 9.97 Å². The number of benzene rings is 4. The third-order valence-electron chi connectivity index (χ3n) is 11.4. The summed E-state index contributed by atoms with van der Waals surface area (Å²) in [4.78, 5) is 38.3. The molecule has 0 saturated heterocycles. The minimum Gasteiger partial charge on any atom is -0.398 e. The number of aliphatic hydroxyl groups excluding tert-OH is 2. The van der Waals surface area contributed by atoms with Gasteiger partial charge in [-0.05, 0) is 139 Å². The standard InChI is InChI=1S/C25H30N6O.C16H17N5O.C9H13NO.CH4/c1-15-5-7-20(9-10-32)22(11-15)27-13-19-6-8-21-24(12-19)31(25(26)30-21)14-23-18(4)28-16(2)17(3)29-23;1-9-10(2)19-14(11(3)18-9)7-21-15-6-12(8-22)4-5-13(15)20-16(21)17;1-7-2-3-8(4-5-11)9(10)6-7;/h5-8,11-12,27,32H,9-10,13-14H2,1-4H3,(H2,26,30);4-6,8H,7H2,1-3H3,(H2,17,20);2-3,6,11H,4-5,10H2,1H3;1H4. The number of nitrogens with zero attached hydrogens (tertiary/aromatic N) is 8. The highest BCUT2D eigenvalue weighted by Crippen LogP contribution is 2.25. The minimum absolute atomic E-state index is 0. The fourth-order valence-electron chi connectivity index (χ4n) is 7.44. The largest absolute Gasteiger partial charge is 0.398 e. The van der Waals surface area contributed by atoms with Gasteiger partial charge in [-0.15, -0.1) is 0 Å². The Hall–Kier alpha value is -7.23. The summed E-state index contributed by atoms with van der Waals surface area (Å²) < 4.78 is 3.85. The fraction of sp³-hybridized carbons (Fsp3) is 0.314. The predicted molar refractivity (Wildman–Crippen MR) is 267 cm³/mol. The molecule has 0 bridgehead atoms. The lowest BCUT2D eigenvalue weighted by atomic mass is 10.1. The van der Waals surface area contributed by atoms with Crippen LogP contribution in [0, 0.1) is 55.4 Å². The zero-order valence-electron chi connectivity index (χ0n) is 38.6. The summed E-state index contributed by atoms with van der Waals surface area (Å²) in [5.74, 6) is 0.867. The SMILES string of the molecule is C.Cc1ccc(CCO)c(N)c1.Cc1ccc(CCO)c(NCc2ccc3nc(N)n(Cc4nc(C)c(C)nc4C)c3c2)c1.Cc1nc(C)c(Cn2c(N)nc3ccc(C=O)cc32)nc1C. The van der Waals surface area contributed by atoms with Crippen LogP contribution in [-0.2, 0) is 32.5 Å². The Morgan fingerprint density at radius 2 is 1.05 bits per heavy atom. The maximum atomic E-state index is 11.0. The fourth-order valence-corrected chi connectivity index (χ4v) is 7.44. The van der Waals surface area contributed by atoms with E-state index in [1.807, 2.05) is 81.9 Å². The number of nitrogen functional groups attached to an aromatic ring is 3. The van der Waals surface area contributed by atoms with E-state index in [1.54, 1.807) is 18.2 Å². The van der Waals surface area contributed by atoms with Gasteiger partial charge in [-0.1, -0.05) is 37.8 Å². The van der Waals surface area contributed by atoms with E-state index in [1.165, 1.54) is 5.56 Å². The molecule has 0 aliphatic heterocycles. The molecular formula is C51H64N12O3. The number of carbonyl (C=O) groups is 1. The van der Waals surface area contributed by atoms with Crippen LogP contribution >= 0.6 is 0 Å². The van der Waals surface area contributed by atoms with Crippen molar-refractivity contribution >= 4 is 51.6 Å². The topological polar surface area (TPSA) is 235 Å². The molecule has 8 rings (SSSR count). The molecule has 9 N–H and O–H groups in total. The van der Waals surface area contributed by atoms with Gasteiger partial charge in [0.2, 0.25) is 11.9 Å². The molecule has 0 atom stereocenters. The molecule has 4 aromatic carbocycles. The summed E-state index contributed by atoms with van der Waals surface area (Å²) in [5.41, 5.74) is 36.6. The summed E-state index contributed by atoms with van der Waals surface area (Å²) in [7, 11) is 0. The van der Waals surface area contributed by atoms with Gasteiger partial charge in [0.15, 0.2) is 0 Å². The average molecular weight is 893 g/mol. The molecule has 4 aromatic heterocycles. The molecule has 0 unspecified atom stereocenters. The smallest absolute Gasteiger partial charge is 0.201 e. The third kappa shape index (κ3) is 11.9. The summed E-state index contributed by atoms with van der Waals surface area (Å²) in [6, 6.07) is 23.6. The van der Waals surface area contributed by atoms with Crippen molar-refractivity contribution in [2.75, 3.05) is 35.7 Å². The second-order valence-electron chi connectivity index (χ2n) is 16.3. The van der Waals surface area contributed by atoms with Crippen molar-refractivity contribution < 1.29 is 15.0 Å². The van der Waals surface area contributed by atoms with Gasteiger partial charge >= 0.3 is 0 Å². The minimum atomic E-state index is 0. The molecule has 0 spiro atoms. The highest BCUT2D eigenvalue weighted by Gasteiger charge is 2.15. The van der Waals surface area contributed by atoms with Crippen LogP contribution in [0.15, 0.2) is 72.8 Å². The number of aliphatic hydroxyl groups is 2. The van der Waals surface area contributed by atoms with Crippen molar-refractivity contribution in [3.05, 3.63) is 152 Å². The molecule has 15 heteroatoms. The Labute approximate surface area is 387 Å². The number of aryl methyl sites for hydroxylation is 8. The summed E-state index contributed by atoms with van der Waals surface area (Å²) in [5, 5.41) is 21.5. The van der Waals surface area contributed by atoms with Crippen LogP contribution in [0.4, 0.5) is 23.3 Å². The first-order valence-corrected chi connectivity index (χ1v) is 21.6. The van der Waals surface area contributed by atoms with E-state index in [9.17, 15) is 9.90 Å². The number of imidazole rings is 2. The van der Waals surface area contributed by atoms with Crippen LogP contribution in [0.2, 0.25) is 0 Å². The lowest BCUT2D eigenvalue weighted by Gasteiger charge is -2.13. The summed E-state index contributed by atoms with van der Waals surface area (Å²) in [6.45, 7) is 17.7. The lowest BCUT2D eigenvalue weighted by Crippen LogP contribution is -2.10. The van der Waals surface area contributed by atoms with Crippen molar-refractivity contribution in [2.45, 2.75) is 95.3 Å². The Kier molecular flexibility index (Phi) is 16.7. The normalized spacial score (nSPS) is 10.8. The molecule has 66 heavy (non-hydrogen) atoms. The Morgan fingerprint density at radius 1 is 0.561 bits per heavy atom. The molecule has 346 valence electrons. The number of aldehydes is 1. The first-order chi connectivity index (χ1) is 31.1. The first-order valence-electron chi connectivity index (χ1n) is 21.6. The number of carbonyl (C=O) groups excluding carboxylic acids is 1. The van der Waals surface area contributed by atoms with E-state index < -0.39 is 0 Å². The zero-order valence-corrected chi connectivity index (χ0v) is 38.6. The highest BCUT2D eigenvalue weighted by atomic mass is 16.3. The van der Waals surface area contributed by atoms with Gasteiger partial charge in [0.25, 0.3) is 0 Å². The van der Waals surface area contributed by atoms with E-state index in [4.69, 9.17) is 27.3 Å². The summed E-state index contributed by atoms with van der Waals surface area (Å²) >= 11 is 0. The average Bonchev–Trinajstić information content (AvgIpc) is 3.76. The number of hydrogen-bond donors (Lipinski definition) is 6. The number of fused-ring (bicyclic) bond motifs is 2. The number of hydrogen-bond acceptors (Lipinski definition) is 13. The molecule has 0 saturated carbocycles. The van der Waals surface area contributed by atoms with Crippen molar-refractivity contribution in [1.29, 1.82) is 0 Å². The van der Waals surface area contributed by atoms with Crippen molar-refractivity contribution in [2.24, 2.45) is 0 Å². The van der Waals surface area contributed by atoms with Crippen LogP contribution in [0.25, 0.3) is 22.1 Å². The Bertz CT molecular complexity index is 2970. The van der Waals surface area contributed by atoms with Crippen LogP contribution in [-0.4, -0.2) is 68.8 Å². The molecule has 4 heterocycles. The van der Waals surface area contributed by atoms with E-state index in [2.05, 4.69) is 67.5 Å². The maximum absolute atomic E-state index is 11.0. The van der Waals surface area contributed by atoms with Crippen LogP contribution in [0.1, 0.15) is 91.2 Å². The Morgan fingerprint density at radius 3 is 1.58 bits per heavy atom. The zero-order chi connectivity index (χ0) is 46.9. The molecule has 0 aliphatic rings. The number of aromatic nitrogens is 8. The molecule has 0 aliphatic carbocycles. The van der Waals surface area contributed by atoms with Gasteiger partial charge in [-0.3, -0.25) is 24.7 Å². The number of nitrogens with two attached hydrogens (primary N) is 3. The van der Waals surface area contributed by atoms with E-state index >= 15 is 0 Å². The molecule has 8 aromatic rings. The molecule has 0 radical (unpaired) electrons. The van der Waals surface area contributed by atoms with Gasteiger partial charge in [0, 0.05) is 36.7 Å². The molecule has 0 fully saturated rings. The van der Waals surface area contributed by atoms with Gasteiger partial charge < -0.3 is 41.9 Å². The number of nitrogens with one attached hydrogen (secondary N) is 1. The quantitative estimate of drug-likeness (QED) is 0.0509. The van der Waals surface area contributed by atoms with Crippen LogP contribution in [0.5, 0.6) is 0 Å². The van der Waals surface area contributed by atoms with Crippen molar-refractivity contribution in [3.63, 3.8) is 0 Å².